The van der Waals surface area contributed by atoms with Crippen molar-refractivity contribution in [3.05, 3.63) is 33.7 Å². The maximum Gasteiger partial charge on any atom is 0.308 e. The molecule has 0 atom stereocenters. The smallest absolute Gasteiger partial charge is 0.308 e. The van der Waals surface area contributed by atoms with Gasteiger partial charge in [-0.3, -0.25) is 4.79 Å². The Morgan fingerprint density at radius 3 is 2.40 bits per heavy atom. The van der Waals surface area contributed by atoms with Crippen molar-refractivity contribution in [3.63, 3.8) is 0 Å². The molecule has 1 aliphatic heterocycles. The maximum absolute atomic E-state index is 11.3. The fourth-order valence-electron chi connectivity index (χ4n) is 3.16. The first kappa shape index (κ1) is 17.9. The summed E-state index contributed by atoms with van der Waals surface area (Å²) >= 11 is 1.52. The second kappa shape index (κ2) is 7.14. The van der Waals surface area contributed by atoms with Gasteiger partial charge in [0, 0.05) is 36.6 Å². The molecule has 0 bridgehead atoms. The number of hydrogen-bond acceptors (Lipinski definition) is 5. The molecule has 1 fully saturated rings. The minimum absolute atomic E-state index is 0.0209. The Kier molecular flexibility index (Phi) is 5.11. The number of aliphatic carboxylic acids is 1. The van der Waals surface area contributed by atoms with Gasteiger partial charge in [0.05, 0.1) is 12.1 Å². The zero-order chi connectivity index (χ0) is 18.1. The van der Waals surface area contributed by atoms with Crippen LogP contribution >= 0.6 is 11.3 Å². The number of anilines is 1. The fraction of sp³-hybridized carbons (Fsp3) is 0.474. The number of likely N-dealkylation sites (N-methyl/N-ethyl adjacent to an activating group) is 1. The number of nitrogens with zero attached hydrogens (tertiary/aromatic N) is 3. The molecule has 1 aromatic carbocycles. The molecule has 0 spiro atoms. The number of piperazine rings is 1. The lowest BCUT2D eigenvalue weighted by Gasteiger charge is -2.32. The van der Waals surface area contributed by atoms with Gasteiger partial charge < -0.3 is 14.9 Å². The van der Waals surface area contributed by atoms with Crippen molar-refractivity contribution in [2.24, 2.45) is 0 Å². The second-order valence-corrected chi connectivity index (χ2v) is 7.94. The minimum Gasteiger partial charge on any atom is -0.481 e. The van der Waals surface area contributed by atoms with E-state index in [-0.39, 0.29) is 6.42 Å². The third-order valence-electron chi connectivity index (χ3n) is 4.87. The van der Waals surface area contributed by atoms with E-state index in [1.54, 1.807) is 0 Å². The molecule has 2 aromatic rings. The summed E-state index contributed by atoms with van der Waals surface area (Å²) in [7, 11) is 2.12. The molecule has 1 saturated heterocycles. The topological polar surface area (TPSA) is 56.7 Å². The monoisotopic (exact) mass is 359 g/mol. The predicted molar refractivity (Wildman–Crippen MR) is 103 cm³/mol. The van der Waals surface area contributed by atoms with Gasteiger partial charge in [-0.15, -0.1) is 11.3 Å². The van der Waals surface area contributed by atoms with Crippen LogP contribution in [0.25, 0.3) is 11.3 Å². The molecule has 5 nitrogen and oxygen atoms in total. The van der Waals surface area contributed by atoms with Crippen molar-refractivity contribution in [3.8, 4) is 11.3 Å². The highest BCUT2D eigenvalue weighted by atomic mass is 32.1. The Bertz CT molecular complexity index is 792. The molecule has 0 radical (unpaired) electrons. The van der Waals surface area contributed by atoms with Gasteiger partial charge in [-0.25, -0.2) is 4.98 Å². The van der Waals surface area contributed by atoms with Crippen LogP contribution < -0.4 is 4.90 Å². The maximum atomic E-state index is 11.3. The summed E-state index contributed by atoms with van der Waals surface area (Å²) in [4.78, 5) is 21.6. The molecule has 1 N–H and O–H groups in total. The standard InChI is InChI=1S/C19H25N3O2S/c1-12-9-14(3)15(10-13(12)2)18-16(11-17(23)24)25-19(20-18)22-7-5-21(4)6-8-22/h9-10H,5-8,11H2,1-4H3,(H,23,24). The van der Waals surface area contributed by atoms with Crippen molar-refractivity contribution in [1.29, 1.82) is 0 Å². The van der Waals surface area contributed by atoms with Crippen molar-refractivity contribution in [2.45, 2.75) is 27.2 Å². The number of aromatic nitrogens is 1. The van der Waals surface area contributed by atoms with Crippen LogP contribution in [0.2, 0.25) is 0 Å². The largest absolute Gasteiger partial charge is 0.481 e. The lowest BCUT2D eigenvalue weighted by Crippen LogP contribution is -2.44. The van der Waals surface area contributed by atoms with E-state index in [4.69, 9.17) is 4.98 Å². The van der Waals surface area contributed by atoms with E-state index in [0.29, 0.717) is 0 Å². The highest BCUT2D eigenvalue weighted by Crippen LogP contribution is 2.36. The normalized spacial score (nSPS) is 15.6. The minimum atomic E-state index is -0.809. The van der Waals surface area contributed by atoms with Crippen LogP contribution in [-0.4, -0.2) is 54.2 Å². The Hall–Kier alpha value is -1.92. The highest BCUT2D eigenvalue weighted by Gasteiger charge is 2.22. The van der Waals surface area contributed by atoms with Gasteiger partial charge in [0.15, 0.2) is 5.13 Å². The Morgan fingerprint density at radius 1 is 1.12 bits per heavy atom. The van der Waals surface area contributed by atoms with E-state index in [1.165, 1.54) is 22.5 Å². The summed E-state index contributed by atoms with van der Waals surface area (Å²) in [5.41, 5.74) is 5.48. The number of carboxylic acids is 1. The second-order valence-electron chi connectivity index (χ2n) is 6.88. The number of rotatable bonds is 4. The number of hydrogen-bond donors (Lipinski definition) is 1. The van der Waals surface area contributed by atoms with Crippen LogP contribution in [0.5, 0.6) is 0 Å². The molecule has 6 heteroatoms. The Balaban J connectivity index is 2.02. The van der Waals surface area contributed by atoms with Gasteiger partial charge in [-0.1, -0.05) is 6.07 Å². The molecule has 134 valence electrons. The van der Waals surface area contributed by atoms with Crippen molar-refractivity contribution in [2.75, 3.05) is 38.1 Å². The van der Waals surface area contributed by atoms with Crippen LogP contribution in [0.15, 0.2) is 12.1 Å². The molecule has 25 heavy (non-hydrogen) atoms. The number of carboxylic acid groups (broad SMARTS) is 1. The van der Waals surface area contributed by atoms with E-state index in [1.807, 2.05) is 0 Å². The van der Waals surface area contributed by atoms with Gasteiger partial charge in [-0.2, -0.15) is 0 Å². The number of aryl methyl sites for hydroxylation is 3. The summed E-state index contributed by atoms with van der Waals surface area (Å²) in [6.07, 6.45) is 0.0209. The van der Waals surface area contributed by atoms with Crippen LogP contribution in [-0.2, 0) is 11.2 Å². The molecule has 1 aliphatic rings. The third-order valence-corrected chi connectivity index (χ3v) is 5.98. The average Bonchev–Trinajstić information content (AvgIpc) is 2.94. The van der Waals surface area contributed by atoms with Gasteiger partial charge in [0.25, 0.3) is 0 Å². The Labute approximate surface area is 152 Å². The van der Waals surface area contributed by atoms with Crippen LogP contribution in [0.4, 0.5) is 5.13 Å². The van der Waals surface area contributed by atoms with Crippen molar-refractivity contribution in [1.82, 2.24) is 9.88 Å². The molecule has 0 aliphatic carbocycles. The van der Waals surface area contributed by atoms with Crippen molar-refractivity contribution >= 4 is 22.4 Å². The Morgan fingerprint density at radius 2 is 1.76 bits per heavy atom. The van der Waals surface area contributed by atoms with E-state index in [9.17, 15) is 9.90 Å². The lowest BCUT2D eigenvalue weighted by molar-refractivity contribution is -0.136. The number of thiazole rings is 1. The zero-order valence-electron chi connectivity index (χ0n) is 15.3. The summed E-state index contributed by atoms with van der Waals surface area (Å²) in [6, 6.07) is 4.29. The molecule has 1 aromatic heterocycles. The number of carbonyl (C=O) groups is 1. The lowest BCUT2D eigenvalue weighted by atomic mass is 9.98. The molecule has 0 unspecified atom stereocenters. The molecular formula is C19H25N3O2S. The van der Waals surface area contributed by atoms with E-state index < -0.39 is 5.97 Å². The van der Waals surface area contributed by atoms with Gasteiger partial charge in [0.1, 0.15) is 0 Å². The third kappa shape index (κ3) is 3.85. The SMILES string of the molecule is Cc1cc(C)c(-c2nc(N3CCN(C)CC3)sc2CC(=O)O)cc1C. The van der Waals surface area contributed by atoms with Crippen LogP contribution in [0.1, 0.15) is 21.6 Å². The zero-order valence-corrected chi connectivity index (χ0v) is 16.1. The summed E-state index contributed by atoms with van der Waals surface area (Å²) in [5.74, 6) is -0.809. The first-order chi connectivity index (χ1) is 11.8. The van der Waals surface area contributed by atoms with E-state index >= 15 is 0 Å². The fourth-order valence-corrected chi connectivity index (χ4v) is 4.27. The molecule has 0 saturated carbocycles. The molecule has 2 heterocycles. The average molecular weight is 359 g/mol. The summed E-state index contributed by atoms with van der Waals surface area (Å²) in [6.45, 7) is 10.1. The first-order valence-electron chi connectivity index (χ1n) is 8.58. The van der Waals surface area contributed by atoms with Crippen LogP contribution in [0, 0.1) is 20.8 Å². The molecule has 3 rings (SSSR count). The molecular weight excluding hydrogens is 334 g/mol. The highest BCUT2D eigenvalue weighted by molar-refractivity contribution is 7.16. The van der Waals surface area contributed by atoms with Crippen LogP contribution in [0.3, 0.4) is 0 Å². The molecule has 0 amide bonds. The van der Waals surface area contributed by atoms with E-state index in [2.05, 4.69) is 49.8 Å². The predicted octanol–water partition coefficient (Wildman–Crippen LogP) is 3.11. The van der Waals surface area contributed by atoms with Crippen molar-refractivity contribution < 1.29 is 9.90 Å². The first-order valence-corrected chi connectivity index (χ1v) is 9.40. The number of benzene rings is 1. The van der Waals surface area contributed by atoms with Gasteiger partial charge in [-0.05, 0) is 50.6 Å². The summed E-state index contributed by atoms with van der Waals surface area (Å²) < 4.78 is 0. The van der Waals surface area contributed by atoms with Gasteiger partial charge >= 0.3 is 5.97 Å². The summed E-state index contributed by atoms with van der Waals surface area (Å²) in [5, 5.41) is 10.3. The quantitative estimate of drug-likeness (QED) is 0.909. The van der Waals surface area contributed by atoms with Gasteiger partial charge in [0.2, 0.25) is 0 Å². The van der Waals surface area contributed by atoms with E-state index in [0.717, 1.165) is 53.0 Å².